The van der Waals surface area contributed by atoms with Crippen LogP contribution < -0.4 is 9.62 Å². The van der Waals surface area contributed by atoms with Crippen LogP contribution in [-0.4, -0.2) is 53.1 Å². The average molecular weight is 390 g/mol. The summed E-state index contributed by atoms with van der Waals surface area (Å²) >= 11 is 0. The molecular formula is C21H31N3O2S. The lowest BCUT2D eigenvalue weighted by atomic mass is 10.0. The van der Waals surface area contributed by atoms with Crippen LogP contribution in [0.1, 0.15) is 32.6 Å². The quantitative estimate of drug-likeness (QED) is 0.737. The van der Waals surface area contributed by atoms with Gasteiger partial charge in [-0.3, -0.25) is 0 Å². The van der Waals surface area contributed by atoms with Crippen LogP contribution in [0, 0.1) is 0 Å². The molecule has 148 valence electrons. The number of anilines is 1. The van der Waals surface area contributed by atoms with E-state index in [-0.39, 0.29) is 0 Å². The summed E-state index contributed by atoms with van der Waals surface area (Å²) < 4.78 is 28.6. The normalized spacial score (nSPS) is 18.7. The van der Waals surface area contributed by atoms with Crippen LogP contribution in [0.4, 0.5) is 5.69 Å². The molecule has 0 spiro atoms. The third-order valence-electron chi connectivity index (χ3n) is 5.49. The van der Waals surface area contributed by atoms with Crippen molar-refractivity contribution in [1.82, 2.24) is 9.62 Å². The Morgan fingerprint density at radius 3 is 2.59 bits per heavy atom. The van der Waals surface area contributed by atoms with Gasteiger partial charge in [-0.25, -0.2) is 13.1 Å². The summed E-state index contributed by atoms with van der Waals surface area (Å²) in [4.78, 5) is 4.83. The molecular weight excluding hydrogens is 358 g/mol. The lowest BCUT2D eigenvalue weighted by molar-refractivity contribution is 0.159. The van der Waals surface area contributed by atoms with Gasteiger partial charge in [-0.15, -0.1) is 0 Å². The van der Waals surface area contributed by atoms with E-state index in [1.807, 2.05) is 49.3 Å². The molecule has 27 heavy (non-hydrogen) atoms. The van der Waals surface area contributed by atoms with Crippen LogP contribution in [0.3, 0.4) is 0 Å². The van der Waals surface area contributed by atoms with Gasteiger partial charge in [0, 0.05) is 43.1 Å². The van der Waals surface area contributed by atoms with E-state index in [1.54, 1.807) is 6.07 Å². The maximum Gasteiger partial charge on any atom is 0.241 e. The maximum absolute atomic E-state index is 12.9. The van der Waals surface area contributed by atoms with Gasteiger partial charge >= 0.3 is 0 Å². The van der Waals surface area contributed by atoms with Crippen LogP contribution in [0.2, 0.25) is 0 Å². The molecule has 2 aromatic carbocycles. The minimum absolute atomic E-state index is 0.357. The molecule has 0 aromatic heterocycles. The number of piperidine rings is 1. The summed E-state index contributed by atoms with van der Waals surface area (Å²) in [6, 6.07) is 11.9. The smallest absolute Gasteiger partial charge is 0.241 e. The number of nitrogens with one attached hydrogen (secondary N) is 1. The predicted molar refractivity (Wildman–Crippen MR) is 113 cm³/mol. The van der Waals surface area contributed by atoms with Crippen molar-refractivity contribution in [2.75, 3.05) is 38.6 Å². The van der Waals surface area contributed by atoms with Crippen LogP contribution in [0.25, 0.3) is 10.8 Å². The van der Waals surface area contributed by atoms with E-state index in [1.165, 1.54) is 19.3 Å². The Labute approximate surface area is 163 Å². The first-order valence-corrected chi connectivity index (χ1v) is 11.3. The van der Waals surface area contributed by atoms with Crippen LogP contribution in [0.5, 0.6) is 0 Å². The second kappa shape index (κ2) is 8.59. The van der Waals surface area contributed by atoms with Gasteiger partial charge < -0.3 is 9.80 Å². The fraction of sp³-hybridized carbons (Fsp3) is 0.524. The first-order chi connectivity index (χ1) is 12.9. The zero-order valence-electron chi connectivity index (χ0n) is 16.6. The molecule has 0 aliphatic carbocycles. The highest BCUT2D eigenvalue weighted by molar-refractivity contribution is 7.89. The highest BCUT2D eigenvalue weighted by Gasteiger charge is 2.20. The van der Waals surface area contributed by atoms with Crippen molar-refractivity contribution in [1.29, 1.82) is 0 Å². The Hall–Kier alpha value is -1.63. The Bertz CT molecular complexity index is 880. The zero-order valence-corrected chi connectivity index (χ0v) is 17.4. The predicted octanol–water partition coefficient (Wildman–Crippen LogP) is 3.45. The molecule has 6 heteroatoms. The second-order valence-corrected chi connectivity index (χ2v) is 9.39. The Balaban J connectivity index is 1.70. The molecule has 1 N–H and O–H groups in total. The molecule has 0 radical (unpaired) electrons. The Morgan fingerprint density at radius 1 is 1.11 bits per heavy atom. The number of sulfonamides is 1. The highest BCUT2D eigenvalue weighted by atomic mass is 32.2. The van der Waals surface area contributed by atoms with Gasteiger partial charge in [0.15, 0.2) is 0 Å². The summed E-state index contributed by atoms with van der Waals surface area (Å²) in [5.74, 6) is 0. The number of benzene rings is 2. The Morgan fingerprint density at radius 2 is 1.85 bits per heavy atom. The zero-order chi connectivity index (χ0) is 19.4. The van der Waals surface area contributed by atoms with E-state index >= 15 is 0 Å². The van der Waals surface area contributed by atoms with Gasteiger partial charge in [-0.05, 0) is 51.4 Å². The highest BCUT2D eigenvalue weighted by Crippen LogP contribution is 2.30. The third-order valence-corrected chi connectivity index (χ3v) is 7.00. The first kappa shape index (κ1) is 20.1. The molecule has 5 nitrogen and oxygen atoms in total. The molecule has 1 atom stereocenters. The molecule has 0 bridgehead atoms. The van der Waals surface area contributed by atoms with Crippen molar-refractivity contribution in [3.8, 4) is 0 Å². The fourth-order valence-corrected chi connectivity index (χ4v) is 5.24. The van der Waals surface area contributed by atoms with Gasteiger partial charge in [0.2, 0.25) is 10.0 Å². The second-order valence-electron chi connectivity index (χ2n) is 7.65. The molecule has 0 amide bonds. The minimum atomic E-state index is -3.53. The summed E-state index contributed by atoms with van der Waals surface area (Å²) in [6.07, 6.45) is 4.63. The largest absolute Gasteiger partial charge is 0.377 e. The lowest BCUT2D eigenvalue weighted by Crippen LogP contribution is -2.39. The first-order valence-electron chi connectivity index (χ1n) is 9.83. The number of likely N-dealkylation sites (tertiary alicyclic amines) is 1. The maximum atomic E-state index is 12.9. The van der Waals surface area contributed by atoms with Crippen molar-refractivity contribution in [2.45, 2.75) is 43.5 Å². The van der Waals surface area contributed by atoms with Crippen molar-refractivity contribution in [3.05, 3.63) is 36.4 Å². The molecule has 3 rings (SSSR count). The van der Waals surface area contributed by atoms with Crippen molar-refractivity contribution in [2.24, 2.45) is 0 Å². The van der Waals surface area contributed by atoms with Crippen molar-refractivity contribution in [3.63, 3.8) is 0 Å². The van der Waals surface area contributed by atoms with E-state index in [0.29, 0.717) is 17.5 Å². The number of hydrogen-bond donors (Lipinski definition) is 1. The van der Waals surface area contributed by atoms with Crippen LogP contribution >= 0.6 is 0 Å². The van der Waals surface area contributed by atoms with Crippen LogP contribution in [-0.2, 0) is 10.0 Å². The topological polar surface area (TPSA) is 52.7 Å². The summed E-state index contributed by atoms with van der Waals surface area (Å²) in [7, 11) is 0.403. The minimum Gasteiger partial charge on any atom is -0.377 e. The lowest BCUT2D eigenvalue weighted by Gasteiger charge is -2.33. The molecule has 1 saturated heterocycles. The van der Waals surface area contributed by atoms with E-state index in [0.717, 1.165) is 36.0 Å². The third kappa shape index (κ3) is 4.62. The van der Waals surface area contributed by atoms with Gasteiger partial charge in [0.1, 0.15) is 0 Å². The Kier molecular flexibility index (Phi) is 6.40. The summed E-state index contributed by atoms with van der Waals surface area (Å²) in [5, 5.41) is 1.72. The molecule has 2 aromatic rings. The van der Waals surface area contributed by atoms with E-state index in [2.05, 4.69) is 16.5 Å². The van der Waals surface area contributed by atoms with E-state index in [4.69, 9.17) is 0 Å². The number of rotatable bonds is 7. The number of nitrogens with zero attached hydrogens (tertiary/aromatic N) is 2. The van der Waals surface area contributed by atoms with Gasteiger partial charge in [0.05, 0.1) is 4.90 Å². The van der Waals surface area contributed by atoms with Crippen molar-refractivity contribution >= 4 is 26.5 Å². The van der Waals surface area contributed by atoms with E-state index < -0.39 is 10.0 Å². The van der Waals surface area contributed by atoms with Crippen LogP contribution in [0.15, 0.2) is 41.3 Å². The summed E-state index contributed by atoms with van der Waals surface area (Å²) in [5.41, 5.74) is 1.02. The van der Waals surface area contributed by atoms with Gasteiger partial charge in [-0.1, -0.05) is 30.7 Å². The van der Waals surface area contributed by atoms with Crippen molar-refractivity contribution < 1.29 is 8.42 Å². The molecule has 1 aliphatic heterocycles. The molecule has 1 fully saturated rings. The number of hydrogen-bond acceptors (Lipinski definition) is 4. The molecule has 1 aliphatic rings. The van der Waals surface area contributed by atoms with Gasteiger partial charge in [-0.2, -0.15) is 0 Å². The fourth-order valence-electron chi connectivity index (χ4n) is 3.95. The molecule has 1 unspecified atom stereocenters. The molecule has 0 saturated carbocycles. The van der Waals surface area contributed by atoms with E-state index in [9.17, 15) is 8.42 Å². The SMILES string of the molecule is CC1CCCCN1CCCNS(=O)(=O)c1cccc2c(N(C)C)cccc12. The standard InChI is InChI=1S/C21H31N3O2S/c1-17-9-4-5-15-24(17)16-8-14-22-27(25,26)21-13-7-10-18-19(21)11-6-12-20(18)23(2)3/h6-7,10-13,17,22H,4-5,8-9,14-16H2,1-3H3. The van der Waals surface area contributed by atoms with Gasteiger partial charge in [0.25, 0.3) is 0 Å². The average Bonchev–Trinajstić information content (AvgIpc) is 2.65. The monoisotopic (exact) mass is 389 g/mol. The summed E-state index contributed by atoms with van der Waals surface area (Å²) in [6.45, 7) is 4.81. The molecule has 1 heterocycles. The number of fused-ring (bicyclic) bond motifs is 1.